The highest BCUT2D eigenvalue weighted by Gasteiger charge is 2.13. The molecule has 25 heavy (non-hydrogen) atoms. The van der Waals surface area contributed by atoms with Crippen molar-refractivity contribution in [1.29, 1.82) is 0 Å². The molecule has 4 nitrogen and oxygen atoms in total. The molecule has 4 rings (SSSR count). The molecule has 4 heteroatoms. The van der Waals surface area contributed by atoms with Crippen LogP contribution in [0.3, 0.4) is 0 Å². The van der Waals surface area contributed by atoms with E-state index >= 15 is 0 Å². The molecule has 0 aliphatic heterocycles. The lowest BCUT2D eigenvalue weighted by molar-refractivity contribution is 0.316. The smallest absolute Gasteiger partial charge is 0.151 e. The summed E-state index contributed by atoms with van der Waals surface area (Å²) in [4.78, 5) is 10.9. The Morgan fingerprint density at radius 1 is 0.960 bits per heavy atom. The van der Waals surface area contributed by atoms with Gasteiger partial charge >= 0.3 is 0 Å². The highest BCUT2D eigenvalue weighted by molar-refractivity contribution is 6.21. The van der Waals surface area contributed by atoms with Gasteiger partial charge in [-0.1, -0.05) is 50.2 Å². The second-order valence-corrected chi connectivity index (χ2v) is 6.35. The van der Waals surface area contributed by atoms with Crippen LogP contribution in [0.15, 0.2) is 48.5 Å². The first-order valence-electron chi connectivity index (χ1n) is 9.07. The molecule has 0 aliphatic carbocycles. The van der Waals surface area contributed by atoms with Crippen molar-refractivity contribution < 1.29 is 0 Å². The zero-order chi connectivity index (χ0) is 17.2. The molecule has 2 aromatic heterocycles. The molecule has 0 fully saturated rings. The summed E-state index contributed by atoms with van der Waals surface area (Å²) in [5.41, 5.74) is 3.28. The van der Waals surface area contributed by atoms with Crippen LogP contribution in [0.1, 0.15) is 13.8 Å². The van der Waals surface area contributed by atoms with E-state index in [0.29, 0.717) is 0 Å². The van der Waals surface area contributed by atoms with E-state index < -0.39 is 0 Å². The first-order valence-corrected chi connectivity index (χ1v) is 9.07. The summed E-state index contributed by atoms with van der Waals surface area (Å²) in [5.74, 6) is 0.942. The molecule has 2 aromatic carbocycles. The lowest BCUT2D eigenvalue weighted by Crippen LogP contribution is -2.28. The van der Waals surface area contributed by atoms with Gasteiger partial charge in [0.1, 0.15) is 0 Å². The molecule has 0 aliphatic rings. The van der Waals surface area contributed by atoms with Crippen LogP contribution < -0.4 is 5.32 Å². The zero-order valence-corrected chi connectivity index (χ0v) is 14.8. The van der Waals surface area contributed by atoms with Crippen LogP contribution in [0, 0.1) is 0 Å². The van der Waals surface area contributed by atoms with Gasteiger partial charge in [-0.2, -0.15) is 0 Å². The van der Waals surface area contributed by atoms with E-state index in [0.717, 1.165) is 48.5 Å². The van der Waals surface area contributed by atoms with Crippen molar-refractivity contribution in [3.63, 3.8) is 0 Å². The van der Waals surface area contributed by atoms with E-state index in [1.165, 1.54) is 16.2 Å². The normalized spacial score (nSPS) is 11.8. The van der Waals surface area contributed by atoms with Gasteiger partial charge in [0.2, 0.25) is 0 Å². The second kappa shape index (κ2) is 6.73. The highest BCUT2D eigenvalue weighted by Crippen LogP contribution is 2.34. The topological polar surface area (TPSA) is 44.0 Å². The van der Waals surface area contributed by atoms with Crippen LogP contribution in [0.4, 0.5) is 5.82 Å². The minimum absolute atomic E-state index is 0.886. The number of benzene rings is 2. The number of hydrogen-bond donors (Lipinski definition) is 2. The number of anilines is 1. The predicted molar refractivity (Wildman–Crippen MR) is 107 cm³/mol. The summed E-state index contributed by atoms with van der Waals surface area (Å²) in [6.07, 6.45) is 0. The SMILES string of the molecule is CCN(CC)CCNc1nc2ccccc2c2c1[nH]c1ccccc12. The maximum absolute atomic E-state index is 4.89. The quantitative estimate of drug-likeness (QED) is 0.541. The summed E-state index contributed by atoms with van der Waals surface area (Å²) in [7, 11) is 0. The molecule has 0 unspecified atom stereocenters. The third kappa shape index (κ3) is 2.83. The summed E-state index contributed by atoms with van der Waals surface area (Å²) in [5, 5.41) is 7.26. The third-order valence-corrected chi connectivity index (χ3v) is 4.96. The number of para-hydroxylation sites is 2. The summed E-state index contributed by atoms with van der Waals surface area (Å²) >= 11 is 0. The molecule has 4 aromatic rings. The minimum Gasteiger partial charge on any atom is -0.367 e. The molecule has 0 saturated carbocycles. The van der Waals surface area contributed by atoms with Crippen LogP contribution in [-0.2, 0) is 0 Å². The fraction of sp³-hybridized carbons (Fsp3) is 0.286. The maximum Gasteiger partial charge on any atom is 0.151 e. The van der Waals surface area contributed by atoms with E-state index in [1.54, 1.807) is 0 Å². The molecule has 0 bridgehead atoms. The number of pyridine rings is 1. The van der Waals surface area contributed by atoms with Crippen molar-refractivity contribution in [3.8, 4) is 0 Å². The van der Waals surface area contributed by atoms with Crippen molar-refractivity contribution in [2.24, 2.45) is 0 Å². The molecule has 0 spiro atoms. The minimum atomic E-state index is 0.886. The fourth-order valence-electron chi connectivity index (χ4n) is 3.56. The predicted octanol–water partition coefficient (Wildman–Crippen LogP) is 4.62. The number of nitrogens with zero attached hydrogens (tertiary/aromatic N) is 2. The number of fused-ring (bicyclic) bond motifs is 5. The maximum atomic E-state index is 4.89. The Morgan fingerprint density at radius 3 is 2.48 bits per heavy atom. The van der Waals surface area contributed by atoms with Gasteiger partial charge in [-0.3, -0.25) is 0 Å². The second-order valence-electron chi connectivity index (χ2n) is 6.35. The van der Waals surface area contributed by atoms with Gasteiger partial charge < -0.3 is 15.2 Å². The van der Waals surface area contributed by atoms with E-state index in [2.05, 4.69) is 77.6 Å². The molecular formula is C21H24N4. The van der Waals surface area contributed by atoms with E-state index in [-0.39, 0.29) is 0 Å². The van der Waals surface area contributed by atoms with Gasteiger partial charge in [0, 0.05) is 34.8 Å². The number of nitrogens with one attached hydrogen (secondary N) is 2. The van der Waals surface area contributed by atoms with Gasteiger partial charge in [0.05, 0.1) is 11.0 Å². The van der Waals surface area contributed by atoms with Crippen LogP contribution in [-0.4, -0.2) is 41.0 Å². The van der Waals surface area contributed by atoms with Crippen LogP contribution in [0.5, 0.6) is 0 Å². The van der Waals surface area contributed by atoms with Gasteiger partial charge in [0.15, 0.2) is 5.82 Å². The number of aromatic amines is 1. The van der Waals surface area contributed by atoms with Crippen molar-refractivity contribution in [2.75, 3.05) is 31.5 Å². The first-order chi connectivity index (χ1) is 12.3. The van der Waals surface area contributed by atoms with Crippen LogP contribution >= 0.6 is 0 Å². The number of likely N-dealkylation sites (N-methyl/N-ethyl adjacent to an activating group) is 1. The number of aromatic nitrogens is 2. The lowest BCUT2D eigenvalue weighted by Gasteiger charge is -2.18. The van der Waals surface area contributed by atoms with Crippen molar-refractivity contribution in [2.45, 2.75) is 13.8 Å². The van der Waals surface area contributed by atoms with Gasteiger partial charge in [-0.15, -0.1) is 0 Å². The lowest BCUT2D eigenvalue weighted by atomic mass is 10.1. The van der Waals surface area contributed by atoms with Gasteiger partial charge in [-0.25, -0.2) is 4.98 Å². The van der Waals surface area contributed by atoms with E-state index in [1.807, 2.05) is 0 Å². The van der Waals surface area contributed by atoms with Crippen molar-refractivity contribution >= 4 is 38.5 Å². The third-order valence-electron chi connectivity index (χ3n) is 4.96. The van der Waals surface area contributed by atoms with E-state index in [9.17, 15) is 0 Å². The molecule has 0 radical (unpaired) electrons. The Labute approximate surface area is 147 Å². The first kappa shape index (κ1) is 15.9. The van der Waals surface area contributed by atoms with Crippen LogP contribution in [0.25, 0.3) is 32.7 Å². The summed E-state index contributed by atoms with van der Waals surface area (Å²) in [6, 6.07) is 16.9. The average Bonchev–Trinajstić information content (AvgIpc) is 3.05. The monoisotopic (exact) mass is 332 g/mol. The Hall–Kier alpha value is -2.59. The van der Waals surface area contributed by atoms with Crippen molar-refractivity contribution in [1.82, 2.24) is 14.9 Å². The molecular weight excluding hydrogens is 308 g/mol. The van der Waals surface area contributed by atoms with Crippen molar-refractivity contribution in [3.05, 3.63) is 48.5 Å². The number of hydrogen-bond acceptors (Lipinski definition) is 3. The van der Waals surface area contributed by atoms with Crippen LogP contribution in [0.2, 0.25) is 0 Å². The molecule has 128 valence electrons. The Kier molecular flexibility index (Phi) is 4.28. The Bertz CT molecular complexity index is 1010. The molecule has 0 amide bonds. The number of H-pyrrole nitrogens is 1. The average molecular weight is 332 g/mol. The summed E-state index contributed by atoms with van der Waals surface area (Å²) < 4.78 is 0. The molecule has 2 N–H and O–H groups in total. The largest absolute Gasteiger partial charge is 0.367 e. The molecule has 0 atom stereocenters. The fourth-order valence-corrected chi connectivity index (χ4v) is 3.56. The standard InChI is InChI=1S/C21H24N4/c1-3-25(4-2)14-13-22-21-20-19(15-9-5-7-11-17(15)23-20)16-10-6-8-12-18(16)24-21/h5-12,23H,3-4,13-14H2,1-2H3,(H,22,24). The molecule has 0 saturated heterocycles. The van der Waals surface area contributed by atoms with E-state index in [4.69, 9.17) is 4.98 Å². The van der Waals surface area contributed by atoms with Gasteiger partial charge in [-0.05, 0) is 25.2 Å². The summed E-state index contributed by atoms with van der Waals surface area (Å²) in [6.45, 7) is 8.46. The Balaban J connectivity index is 1.82. The highest BCUT2D eigenvalue weighted by atomic mass is 15.1. The number of rotatable bonds is 6. The zero-order valence-electron chi connectivity index (χ0n) is 14.8. The molecule has 2 heterocycles. The van der Waals surface area contributed by atoms with Gasteiger partial charge in [0.25, 0.3) is 0 Å². The Morgan fingerprint density at radius 2 is 1.68 bits per heavy atom.